The summed E-state index contributed by atoms with van der Waals surface area (Å²) in [6.07, 6.45) is 6.83. The molecule has 0 spiro atoms. The second-order valence-electron chi connectivity index (χ2n) is 9.57. The third-order valence-corrected chi connectivity index (χ3v) is 6.97. The molecular weight excluding hydrogens is 454 g/mol. The maximum Gasteiger partial charge on any atom is 0.231 e. The highest BCUT2D eigenvalue weighted by atomic mass is 16.5. The molecule has 0 heterocycles. The van der Waals surface area contributed by atoms with Crippen molar-refractivity contribution in [3.05, 3.63) is 126 Å². The van der Waals surface area contributed by atoms with Crippen molar-refractivity contribution in [2.24, 2.45) is 5.92 Å². The molecule has 0 aliphatic rings. The van der Waals surface area contributed by atoms with Crippen molar-refractivity contribution >= 4 is 17.3 Å². The summed E-state index contributed by atoms with van der Waals surface area (Å²) >= 11 is 0. The molecular formula is C34H37NO2. The summed E-state index contributed by atoms with van der Waals surface area (Å²) in [5, 5.41) is 0. The molecule has 0 saturated carbocycles. The van der Waals surface area contributed by atoms with E-state index >= 15 is 0 Å². The standard InChI is InChI=1S/C34H37NO2/c1-37-33-25-22-30(23-26-33)15-11-14-29(21-20-28-12-5-2-6-13-28)24-27-34(36)35(31-16-7-3-8-17-31)32-18-9-4-10-19-32/h2-10,12-13,16-19,22-23,25-26,29H,11,14-15,20-21,24,27H2,1H3/t29-/m1/s1. The van der Waals surface area contributed by atoms with Crippen molar-refractivity contribution < 1.29 is 9.53 Å². The molecule has 0 N–H and O–H groups in total. The van der Waals surface area contributed by atoms with Gasteiger partial charge in [-0.25, -0.2) is 0 Å². The van der Waals surface area contributed by atoms with Gasteiger partial charge in [0.25, 0.3) is 0 Å². The Morgan fingerprint density at radius 2 is 1.19 bits per heavy atom. The van der Waals surface area contributed by atoms with Crippen LogP contribution >= 0.6 is 0 Å². The molecule has 0 unspecified atom stereocenters. The van der Waals surface area contributed by atoms with E-state index in [1.54, 1.807) is 7.11 Å². The number of para-hydroxylation sites is 2. The van der Waals surface area contributed by atoms with E-state index < -0.39 is 0 Å². The highest BCUT2D eigenvalue weighted by molar-refractivity contribution is 6.00. The summed E-state index contributed by atoms with van der Waals surface area (Å²) in [5.74, 6) is 1.54. The summed E-state index contributed by atoms with van der Waals surface area (Å²) in [6, 6.07) is 39.0. The second kappa shape index (κ2) is 14.0. The summed E-state index contributed by atoms with van der Waals surface area (Å²) in [5.41, 5.74) is 4.53. The van der Waals surface area contributed by atoms with Crippen LogP contribution in [0.4, 0.5) is 11.4 Å². The molecule has 0 bridgehead atoms. The van der Waals surface area contributed by atoms with Crippen molar-refractivity contribution in [2.45, 2.75) is 44.9 Å². The lowest BCUT2D eigenvalue weighted by molar-refractivity contribution is -0.118. The number of benzene rings is 4. The average Bonchev–Trinajstić information content (AvgIpc) is 2.96. The van der Waals surface area contributed by atoms with Crippen LogP contribution in [0.25, 0.3) is 0 Å². The highest BCUT2D eigenvalue weighted by Gasteiger charge is 2.20. The first-order valence-electron chi connectivity index (χ1n) is 13.3. The molecule has 1 amide bonds. The van der Waals surface area contributed by atoms with Crippen LogP contribution in [0.5, 0.6) is 5.75 Å². The maximum absolute atomic E-state index is 13.6. The molecule has 0 aromatic heterocycles. The number of aryl methyl sites for hydroxylation is 2. The zero-order valence-electron chi connectivity index (χ0n) is 21.8. The van der Waals surface area contributed by atoms with E-state index in [-0.39, 0.29) is 5.91 Å². The van der Waals surface area contributed by atoms with Crippen molar-refractivity contribution in [1.29, 1.82) is 0 Å². The van der Waals surface area contributed by atoms with Gasteiger partial charge in [0.2, 0.25) is 5.91 Å². The Kier molecular flexibility index (Phi) is 9.94. The van der Waals surface area contributed by atoms with Crippen LogP contribution in [0, 0.1) is 5.92 Å². The highest BCUT2D eigenvalue weighted by Crippen LogP contribution is 2.28. The van der Waals surface area contributed by atoms with Gasteiger partial charge >= 0.3 is 0 Å². The molecule has 0 aliphatic heterocycles. The fourth-order valence-electron chi connectivity index (χ4n) is 4.87. The Morgan fingerprint density at radius 3 is 1.76 bits per heavy atom. The number of amides is 1. The molecule has 3 nitrogen and oxygen atoms in total. The van der Waals surface area contributed by atoms with E-state index in [1.807, 2.05) is 77.7 Å². The fraction of sp³-hybridized carbons (Fsp3) is 0.265. The zero-order valence-corrected chi connectivity index (χ0v) is 21.8. The molecule has 4 aromatic carbocycles. The fourth-order valence-corrected chi connectivity index (χ4v) is 4.87. The van der Waals surface area contributed by atoms with E-state index in [2.05, 4.69) is 42.5 Å². The number of hydrogen-bond donors (Lipinski definition) is 0. The summed E-state index contributed by atoms with van der Waals surface area (Å²) in [4.78, 5) is 15.5. The van der Waals surface area contributed by atoms with Crippen LogP contribution in [0.15, 0.2) is 115 Å². The maximum atomic E-state index is 13.6. The van der Waals surface area contributed by atoms with Crippen LogP contribution in [0.1, 0.15) is 43.2 Å². The molecule has 0 saturated heterocycles. The topological polar surface area (TPSA) is 29.5 Å². The van der Waals surface area contributed by atoms with E-state index in [0.717, 1.165) is 55.6 Å². The Balaban J connectivity index is 1.40. The predicted octanol–water partition coefficient (Wildman–Crippen LogP) is 8.41. The summed E-state index contributed by atoms with van der Waals surface area (Å²) in [7, 11) is 1.70. The number of ether oxygens (including phenoxy) is 1. The molecule has 0 radical (unpaired) electrons. The van der Waals surface area contributed by atoms with Gasteiger partial charge in [-0.3, -0.25) is 9.69 Å². The number of carbonyl (C=O) groups is 1. The van der Waals surface area contributed by atoms with Gasteiger partial charge in [0.15, 0.2) is 0 Å². The lowest BCUT2D eigenvalue weighted by Crippen LogP contribution is -2.26. The number of methoxy groups -OCH3 is 1. The van der Waals surface area contributed by atoms with E-state index in [1.165, 1.54) is 11.1 Å². The van der Waals surface area contributed by atoms with Crippen LogP contribution in [0.2, 0.25) is 0 Å². The van der Waals surface area contributed by atoms with Crippen molar-refractivity contribution in [2.75, 3.05) is 12.0 Å². The lowest BCUT2D eigenvalue weighted by atomic mass is 9.89. The molecule has 4 aromatic rings. The van der Waals surface area contributed by atoms with E-state index in [4.69, 9.17) is 4.74 Å². The molecule has 3 heteroatoms. The minimum atomic E-state index is 0.150. The minimum absolute atomic E-state index is 0.150. The number of rotatable bonds is 13. The smallest absolute Gasteiger partial charge is 0.231 e. The zero-order chi connectivity index (χ0) is 25.7. The van der Waals surface area contributed by atoms with Gasteiger partial charge in [-0.2, -0.15) is 0 Å². The Bertz CT molecular complexity index is 1150. The Morgan fingerprint density at radius 1 is 0.649 bits per heavy atom. The van der Waals surface area contributed by atoms with Gasteiger partial charge < -0.3 is 4.74 Å². The summed E-state index contributed by atoms with van der Waals surface area (Å²) in [6.45, 7) is 0. The third-order valence-electron chi connectivity index (χ3n) is 6.97. The van der Waals surface area contributed by atoms with E-state index in [0.29, 0.717) is 12.3 Å². The van der Waals surface area contributed by atoms with Crippen molar-refractivity contribution in [3.8, 4) is 5.75 Å². The first-order valence-corrected chi connectivity index (χ1v) is 13.3. The number of anilines is 2. The monoisotopic (exact) mass is 491 g/mol. The average molecular weight is 492 g/mol. The molecule has 190 valence electrons. The Hall–Kier alpha value is -3.85. The molecule has 1 atom stereocenters. The molecule has 0 fully saturated rings. The largest absolute Gasteiger partial charge is 0.497 e. The number of nitrogens with zero attached hydrogens (tertiary/aromatic N) is 1. The van der Waals surface area contributed by atoms with Crippen LogP contribution in [-0.4, -0.2) is 13.0 Å². The Labute approximate surface area is 221 Å². The second-order valence-corrected chi connectivity index (χ2v) is 9.57. The molecule has 37 heavy (non-hydrogen) atoms. The molecule has 4 rings (SSSR count). The van der Waals surface area contributed by atoms with Crippen LogP contribution in [-0.2, 0) is 17.6 Å². The lowest BCUT2D eigenvalue weighted by Gasteiger charge is -2.24. The quantitative estimate of drug-likeness (QED) is 0.188. The van der Waals surface area contributed by atoms with Gasteiger partial charge in [0.1, 0.15) is 5.75 Å². The van der Waals surface area contributed by atoms with Crippen LogP contribution < -0.4 is 9.64 Å². The SMILES string of the molecule is COc1ccc(CCC[C@@H](CCC(=O)N(c2ccccc2)c2ccccc2)CCc2ccccc2)cc1. The first-order chi connectivity index (χ1) is 18.2. The predicted molar refractivity (Wildman–Crippen MR) is 153 cm³/mol. The van der Waals surface area contributed by atoms with Gasteiger partial charge in [0.05, 0.1) is 7.11 Å². The van der Waals surface area contributed by atoms with Crippen molar-refractivity contribution in [3.63, 3.8) is 0 Å². The number of hydrogen-bond acceptors (Lipinski definition) is 2. The van der Waals surface area contributed by atoms with Crippen molar-refractivity contribution in [1.82, 2.24) is 0 Å². The first kappa shape index (κ1) is 26.2. The third kappa shape index (κ3) is 8.08. The van der Waals surface area contributed by atoms with Crippen LogP contribution in [0.3, 0.4) is 0 Å². The van der Waals surface area contributed by atoms with Gasteiger partial charge in [-0.1, -0.05) is 85.3 Å². The summed E-state index contributed by atoms with van der Waals surface area (Å²) < 4.78 is 5.29. The molecule has 0 aliphatic carbocycles. The van der Waals surface area contributed by atoms with E-state index in [9.17, 15) is 4.79 Å². The van der Waals surface area contributed by atoms with Gasteiger partial charge in [0, 0.05) is 17.8 Å². The van der Waals surface area contributed by atoms with Gasteiger partial charge in [-0.05, 0) is 85.5 Å². The van der Waals surface area contributed by atoms with Gasteiger partial charge in [-0.15, -0.1) is 0 Å². The normalized spacial score (nSPS) is 11.6. The minimum Gasteiger partial charge on any atom is -0.497 e. The number of carbonyl (C=O) groups excluding carboxylic acids is 1.